The number of aliphatic hydroxyl groups is 1. The van der Waals surface area contributed by atoms with E-state index in [4.69, 9.17) is 0 Å². The predicted molar refractivity (Wildman–Crippen MR) is 106 cm³/mol. The quantitative estimate of drug-likeness (QED) is 0.528. The highest BCUT2D eigenvalue weighted by Crippen LogP contribution is 2.16. The van der Waals surface area contributed by atoms with Gasteiger partial charge in [-0.25, -0.2) is 0 Å². The van der Waals surface area contributed by atoms with Crippen molar-refractivity contribution in [2.75, 3.05) is 12.3 Å². The second-order valence-corrected chi connectivity index (χ2v) is 7.89. The molecule has 0 saturated carbocycles. The molecule has 1 aromatic carbocycles. The Morgan fingerprint density at radius 3 is 2.60 bits per heavy atom. The van der Waals surface area contributed by atoms with Crippen LogP contribution in [0.5, 0.6) is 0 Å². The van der Waals surface area contributed by atoms with Gasteiger partial charge in [-0.15, -0.1) is 0 Å². The van der Waals surface area contributed by atoms with Gasteiger partial charge in [-0.1, -0.05) is 56.9 Å². The molecule has 1 aliphatic heterocycles. The van der Waals surface area contributed by atoms with Gasteiger partial charge >= 0.3 is 0 Å². The van der Waals surface area contributed by atoms with E-state index in [1.165, 1.54) is 43.4 Å². The molecule has 0 bridgehead atoms. The highest BCUT2D eigenvalue weighted by atomic mass is 32.2. The number of rotatable bonds is 11. The van der Waals surface area contributed by atoms with Crippen molar-refractivity contribution in [1.29, 1.82) is 0 Å². The molecule has 0 aromatic heterocycles. The maximum Gasteiger partial charge on any atom is 0.240 e. The molecule has 1 aliphatic rings. The monoisotopic (exact) mass is 364 g/mol. The molecule has 0 radical (unpaired) electrons. The fourth-order valence-corrected chi connectivity index (χ4v) is 3.99. The molecule has 0 aliphatic carbocycles. The Morgan fingerprint density at radius 1 is 1.20 bits per heavy atom. The molecule has 2 rings (SSSR count). The summed E-state index contributed by atoms with van der Waals surface area (Å²) in [4.78, 5) is 12.0. The molecule has 1 saturated heterocycles. The van der Waals surface area contributed by atoms with Crippen LogP contribution in [0.25, 0.3) is 0 Å². The number of nitrogens with one attached hydrogen (secondary N) is 2. The summed E-state index contributed by atoms with van der Waals surface area (Å²) in [7, 11) is 0. The maximum absolute atomic E-state index is 12.0. The van der Waals surface area contributed by atoms with Gasteiger partial charge in [-0.05, 0) is 36.3 Å². The van der Waals surface area contributed by atoms with Gasteiger partial charge in [0, 0.05) is 12.3 Å². The first-order valence-electron chi connectivity index (χ1n) is 9.55. The number of amides is 1. The zero-order valence-corrected chi connectivity index (χ0v) is 16.1. The summed E-state index contributed by atoms with van der Waals surface area (Å²) in [6.45, 7) is 3.46. The van der Waals surface area contributed by atoms with E-state index in [1.807, 2.05) is 11.8 Å². The van der Waals surface area contributed by atoms with Crippen molar-refractivity contribution in [2.24, 2.45) is 0 Å². The van der Waals surface area contributed by atoms with Gasteiger partial charge in [0.05, 0.1) is 6.10 Å². The molecule has 5 heteroatoms. The Labute approximate surface area is 156 Å². The molecule has 1 unspecified atom stereocenters. The minimum absolute atomic E-state index is 0.118. The fourth-order valence-electron chi connectivity index (χ4n) is 3.01. The number of aliphatic hydroxyl groups excluding tert-OH is 1. The van der Waals surface area contributed by atoms with Crippen molar-refractivity contribution < 1.29 is 9.90 Å². The van der Waals surface area contributed by atoms with Crippen molar-refractivity contribution in [3.8, 4) is 0 Å². The summed E-state index contributed by atoms with van der Waals surface area (Å²) >= 11 is 2.00. The summed E-state index contributed by atoms with van der Waals surface area (Å²) in [6.07, 6.45) is 6.77. The third-order valence-corrected chi connectivity index (χ3v) is 5.74. The third-order valence-electron chi connectivity index (χ3n) is 4.62. The molecule has 4 nitrogen and oxygen atoms in total. The van der Waals surface area contributed by atoms with E-state index in [1.54, 1.807) is 0 Å². The molecular weight excluding hydrogens is 332 g/mol. The number of carbonyl (C=O) groups excluding carboxylic acids is 1. The molecule has 1 fully saturated rings. The molecule has 0 spiro atoms. The van der Waals surface area contributed by atoms with Crippen LogP contribution in [0.1, 0.15) is 56.6 Å². The molecule has 140 valence electrons. The van der Waals surface area contributed by atoms with E-state index < -0.39 is 12.1 Å². The van der Waals surface area contributed by atoms with E-state index in [0.29, 0.717) is 19.5 Å². The number of thioether (sulfide) groups is 1. The van der Waals surface area contributed by atoms with Crippen LogP contribution in [0, 0.1) is 0 Å². The van der Waals surface area contributed by atoms with Crippen molar-refractivity contribution in [3.63, 3.8) is 0 Å². The highest BCUT2D eigenvalue weighted by molar-refractivity contribution is 7.98. The molecule has 3 N–H and O–H groups in total. The first kappa shape index (κ1) is 20.3. The van der Waals surface area contributed by atoms with Crippen LogP contribution in [-0.4, -0.2) is 35.5 Å². The summed E-state index contributed by atoms with van der Waals surface area (Å²) in [6, 6.07) is 7.99. The van der Waals surface area contributed by atoms with Crippen LogP contribution in [-0.2, 0) is 17.1 Å². The number of hydrogen-bond donors (Lipinski definition) is 3. The van der Waals surface area contributed by atoms with Crippen LogP contribution < -0.4 is 10.6 Å². The molecule has 25 heavy (non-hydrogen) atoms. The Morgan fingerprint density at radius 2 is 1.92 bits per heavy atom. The number of unbranched alkanes of at least 4 members (excludes halogenated alkanes) is 4. The van der Waals surface area contributed by atoms with Crippen LogP contribution in [0.2, 0.25) is 0 Å². The first-order valence-corrected chi connectivity index (χ1v) is 10.7. The van der Waals surface area contributed by atoms with Gasteiger partial charge in [-0.2, -0.15) is 11.8 Å². The fraction of sp³-hybridized carbons (Fsp3) is 0.650. The second kappa shape index (κ2) is 11.6. The highest BCUT2D eigenvalue weighted by Gasteiger charge is 2.30. The largest absolute Gasteiger partial charge is 0.391 e. The van der Waals surface area contributed by atoms with Crippen LogP contribution >= 0.6 is 11.8 Å². The molecule has 1 heterocycles. The van der Waals surface area contributed by atoms with Crippen molar-refractivity contribution in [1.82, 2.24) is 10.6 Å². The standard InChI is InChI=1S/C20H32N2O2S/c1-2-3-4-5-6-13-25-15-17-9-7-16(8-10-17)14-22-20(24)19-18(23)11-12-21-19/h7-10,18-19,21,23H,2-6,11-15H2,1H3,(H,22,24)/t18-,19?/m0/s1. The van der Waals surface area contributed by atoms with Crippen LogP contribution in [0.15, 0.2) is 24.3 Å². The van der Waals surface area contributed by atoms with Gasteiger partial charge in [0.15, 0.2) is 0 Å². The van der Waals surface area contributed by atoms with Crippen LogP contribution in [0.4, 0.5) is 0 Å². The van der Waals surface area contributed by atoms with Gasteiger partial charge in [-0.3, -0.25) is 4.79 Å². The Bertz CT molecular complexity index is 507. The predicted octanol–water partition coefficient (Wildman–Crippen LogP) is 3.23. The lowest BCUT2D eigenvalue weighted by molar-refractivity contribution is -0.124. The summed E-state index contributed by atoms with van der Waals surface area (Å²) in [5, 5.41) is 15.7. The summed E-state index contributed by atoms with van der Waals surface area (Å²) < 4.78 is 0. The Hall–Kier alpha value is -1.04. The van der Waals surface area contributed by atoms with Crippen molar-refractivity contribution >= 4 is 17.7 Å². The van der Waals surface area contributed by atoms with E-state index in [2.05, 4.69) is 41.8 Å². The summed E-state index contributed by atoms with van der Waals surface area (Å²) in [5.74, 6) is 2.17. The van der Waals surface area contributed by atoms with E-state index in [9.17, 15) is 9.90 Å². The van der Waals surface area contributed by atoms with Crippen molar-refractivity contribution in [3.05, 3.63) is 35.4 Å². The lowest BCUT2D eigenvalue weighted by atomic mass is 10.1. The topological polar surface area (TPSA) is 61.4 Å². The van der Waals surface area contributed by atoms with Gasteiger partial charge in [0.2, 0.25) is 5.91 Å². The van der Waals surface area contributed by atoms with E-state index in [-0.39, 0.29) is 5.91 Å². The number of carbonyl (C=O) groups is 1. The lowest BCUT2D eigenvalue weighted by Gasteiger charge is -2.14. The minimum Gasteiger partial charge on any atom is -0.391 e. The molecule has 2 atom stereocenters. The third kappa shape index (κ3) is 7.38. The second-order valence-electron chi connectivity index (χ2n) is 6.79. The van der Waals surface area contributed by atoms with Crippen molar-refractivity contribution in [2.45, 2.75) is 69.9 Å². The lowest BCUT2D eigenvalue weighted by Crippen LogP contribution is -2.45. The molecular formula is C20H32N2O2S. The minimum atomic E-state index is -0.568. The van der Waals surface area contributed by atoms with Crippen LogP contribution in [0.3, 0.4) is 0 Å². The zero-order valence-electron chi connectivity index (χ0n) is 15.3. The molecule has 1 amide bonds. The zero-order chi connectivity index (χ0) is 17.9. The van der Waals surface area contributed by atoms with Gasteiger partial charge in [0.1, 0.15) is 6.04 Å². The number of benzene rings is 1. The smallest absolute Gasteiger partial charge is 0.240 e. The van der Waals surface area contributed by atoms with Gasteiger partial charge < -0.3 is 15.7 Å². The average Bonchev–Trinajstić information content (AvgIpc) is 3.06. The van der Waals surface area contributed by atoms with E-state index in [0.717, 1.165) is 11.3 Å². The average molecular weight is 365 g/mol. The Kier molecular flexibility index (Phi) is 9.37. The SMILES string of the molecule is CCCCCCCSCc1ccc(CNC(=O)C2NCC[C@@H]2O)cc1. The van der Waals surface area contributed by atoms with E-state index >= 15 is 0 Å². The summed E-state index contributed by atoms with van der Waals surface area (Å²) in [5.41, 5.74) is 2.43. The number of hydrogen-bond acceptors (Lipinski definition) is 4. The normalized spacial score (nSPS) is 19.9. The van der Waals surface area contributed by atoms with Gasteiger partial charge in [0.25, 0.3) is 0 Å². The Balaban J connectivity index is 1.61. The maximum atomic E-state index is 12.0. The molecule has 1 aromatic rings. The first-order chi connectivity index (χ1) is 12.2.